The lowest BCUT2D eigenvalue weighted by atomic mass is 10.0. The SMILES string of the molecule is O=C(CCN1C(=S)NC(c2ccccn2)C1c1ccc(-c2ccc(C(=O)O)cc2)o1)Nc1ccccc1. The number of aromatic nitrogens is 1. The van der Waals surface area contributed by atoms with Crippen molar-refractivity contribution in [2.24, 2.45) is 0 Å². The van der Waals surface area contributed by atoms with Gasteiger partial charge in [-0.05, 0) is 60.7 Å². The molecule has 0 saturated carbocycles. The topological polar surface area (TPSA) is 108 Å². The van der Waals surface area contributed by atoms with Crippen LogP contribution in [0.4, 0.5) is 5.69 Å². The molecule has 0 bridgehead atoms. The summed E-state index contributed by atoms with van der Waals surface area (Å²) in [7, 11) is 0. The van der Waals surface area contributed by atoms with Gasteiger partial charge in [-0.15, -0.1) is 0 Å². The monoisotopic (exact) mass is 512 g/mol. The number of nitrogens with one attached hydrogen (secondary N) is 2. The predicted molar refractivity (Wildman–Crippen MR) is 143 cm³/mol. The number of hydrogen-bond donors (Lipinski definition) is 3. The first kappa shape index (κ1) is 24.2. The van der Waals surface area contributed by atoms with Crippen molar-refractivity contribution in [3.63, 3.8) is 0 Å². The van der Waals surface area contributed by atoms with Crippen LogP contribution in [0.5, 0.6) is 0 Å². The second kappa shape index (κ2) is 10.6. The van der Waals surface area contributed by atoms with Crippen LogP contribution in [0.15, 0.2) is 95.5 Å². The Bertz CT molecular complexity index is 1410. The number of para-hydroxylation sites is 1. The van der Waals surface area contributed by atoms with Crippen LogP contribution < -0.4 is 10.6 Å². The molecule has 1 amide bonds. The highest BCUT2D eigenvalue weighted by atomic mass is 32.1. The van der Waals surface area contributed by atoms with E-state index in [0.717, 1.165) is 16.9 Å². The molecule has 0 spiro atoms. The zero-order chi connectivity index (χ0) is 25.8. The molecule has 3 N–H and O–H groups in total. The van der Waals surface area contributed by atoms with Crippen molar-refractivity contribution in [2.75, 3.05) is 11.9 Å². The van der Waals surface area contributed by atoms with Gasteiger partial charge in [0.15, 0.2) is 5.11 Å². The van der Waals surface area contributed by atoms with Crippen molar-refractivity contribution in [3.8, 4) is 11.3 Å². The fraction of sp³-hybridized carbons (Fsp3) is 0.143. The summed E-state index contributed by atoms with van der Waals surface area (Å²) in [6, 6.07) is 24.6. The first-order valence-corrected chi connectivity index (χ1v) is 12.2. The molecule has 1 saturated heterocycles. The zero-order valence-corrected chi connectivity index (χ0v) is 20.5. The van der Waals surface area contributed by atoms with Gasteiger partial charge >= 0.3 is 5.97 Å². The molecule has 2 unspecified atom stereocenters. The molecule has 3 heterocycles. The number of anilines is 1. The van der Waals surface area contributed by atoms with Crippen LogP contribution in [0.3, 0.4) is 0 Å². The standard InChI is InChI=1S/C28H24N4O4S/c33-24(30-20-6-2-1-3-7-20)15-17-32-26(25(31-28(32)37)21-8-4-5-16-29-21)23-14-13-22(36-23)18-9-11-19(12-10-18)27(34)35/h1-14,16,25-26H,15,17H2,(H,30,33)(H,31,37)(H,34,35). The molecule has 4 aromatic rings. The molecule has 1 aliphatic rings. The smallest absolute Gasteiger partial charge is 0.335 e. The molecule has 0 aliphatic carbocycles. The Balaban J connectivity index is 1.40. The fourth-order valence-electron chi connectivity index (χ4n) is 4.37. The van der Waals surface area contributed by atoms with Gasteiger partial charge in [0.25, 0.3) is 0 Å². The quantitative estimate of drug-likeness (QED) is 0.282. The Morgan fingerprint density at radius 1 is 1.00 bits per heavy atom. The molecule has 2 atom stereocenters. The summed E-state index contributed by atoms with van der Waals surface area (Å²) in [5, 5.41) is 15.9. The molecule has 1 aliphatic heterocycles. The summed E-state index contributed by atoms with van der Waals surface area (Å²) < 4.78 is 6.27. The van der Waals surface area contributed by atoms with Gasteiger partial charge in [0.1, 0.15) is 17.6 Å². The molecule has 5 rings (SSSR count). The van der Waals surface area contributed by atoms with Crippen molar-refractivity contribution in [1.29, 1.82) is 0 Å². The summed E-state index contributed by atoms with van der Waals surface area (Å²) in [6.07, 6.45) is 1.96. The van der Waals surface area contributed by atoms with E-state index in [1.165, 1.54) is 0 Å². The maximum absolute atomic E-state index is 12.7. The third-order valence-electron chi connectivity index (χ3n) is 6.17. The Morgan fingerprint density at radius 2 is 1.76 bits per heavy atom. The normalized spacial score (nSPS) is 16.9. The van der Waals surface area contributed by atoms with Crippen LogP contribution in [0.25, 0.3) is 11.3 Å². The molecule has 2 aromatic carbocycles. The molecule has 186 valence electrons. The largest absolute Gasteiger partial charge is 0.478 e. The lowest BCUT2D eigenvalue weighted by Crippen LogP contribution is -2.32. The van der Waals surface area contributed by atoms with Gasteiger partial charge in [0.2, 0.25) is 5.91 Å². The van der Waals surface area contributed by atoms with Gasteiger partial charge in [-0.2, -0.15) is 0 Å². The van der Waals surface area contributed by atoms with Gasteiger partial charge in [-0.1, -0.05) is 36.4 Å². The van der Waals surface area contributed by atoms with E-state index >= 15 is 0 Å². The number of furan rings is 1. The zero-order valence-electron chi connectivity index (χ0n) is 19.7. The summed E-state index contributed by atoms with van der Waals surface area (Å²) >= 11 is 5.67. The van der Waals surface area contributed by atoms with Gasteiger partial charge in [-0.25, -0.2) is 4.79 Å². The van der Waals surface area contributed by atoms with E-state index in [4.69, 9.17) is 16.6 Å². The Morgan fingerprint density at radius 3 is 2.46 bits per heavy atom. The van der Waals surface area contributed by atoms with E-state index in [2.05, 4.69) is 15.6 Å². The number of benzene rings is 2. The minimum Gasteiger partial charge on any atom is -0.478 e. The summed E-state index contributed by atoms with van der Waals surface area (Å²) in [5.41, 5.74) is 2.50. The molecule has 9 heteroatoms. The molecule has 0 radical (unpaired) electrons. The Hall–Kier alpha value is -4.50. The number of aromatic carboxylic acids is 1. The summed E-state index contributed by atoms with van der Waals surface area (Å²) in [5.74, 6) is 0.158. The van der Waals surface area contributed by atoms with Crippen molar-refractivity contribution in [2.45, 2.75) is 18.5 Å². The van der Waals surface area contributed by atoms with Crippen molar-refractivity contribution >= 4 is 34.9 Å². The van der Waals surface area contributed by atoms with Crippen LogP contribution in [0, 0.1) is 0 Å². The lowest BCUT2D eigenvalue weighted by molar-refractivity contribution is -0.116. The van der Waals surface area contributed by atoms with Crippen LogP contribution in [-0.2, 0) is 4.79 Å². The number of pyridine rings is 1. The number of amides is 1. The van der Waals surface area contributed by atoms with E-state index < -0.39 is 5.97 Å². The van der Waals surface area contributed by atoms with E-state index in [1.54, 1.807) is 30.5 Å². The second-order valence-electron chi connectivity index (χ2n) is 8.57. The highest BCUT2D eigenvalue weighted by molar-refractivity contribution is 7.80. The van der Waals surface area contributed by atoms with Crippen molar-refractivity contribution in [1.82, 2.24) is 15.2 Å². The molecular weight excluding hydrogens is 488 g/mol. The first-order valence-electron chi connectivity index (χ1n) is 11.8. The lowest BCUT2D eigenvalue weighted by Gasteiger charge is -2.25. The third-order valence-corrected chi connectivity index (χ3v) is 6.52. The molecule has 2 aromatic heterocycles. The number of carbonyl (C=O) groups excluding carboxylic acids is 1. The van der Waals surface area contributed by atoms with E-state index in [-0.39, 0.29) is 30.0 Å². The highest BCUT2D eigenvalue weighted by Gasteiger charge is 2.41. The number of nitrogens with zero attached hydrogens (tertiary/aromatic N) is 2. The Kier molecular flexibility index (Phi) is 6.96. The van der Waals surface area contributed by atoms with Crippen LogP contribution in [0.1, 0.15) is 40.3 Å². The number of carboxylic acid groups (broad SMARTS) is 1. The third kappa shape index (κ3) is 5.36. The van der Waals surface area contributed by atoms with E-state index in [1.807, 2.05) is 65.6 Å². The van der Waals surface area contributed by atoms with Gasteiger partial charge in [-0.3, -0.25) is 9.78 Å². The average molecular weight is 513 g/mol. The van der Waals surface area contributed by atoms with Gasteiger partial charge < -0.3 is 25.1 Å². The number of thiocarbonyl (C=S) groups is 1. The predicted octanol–water partition coefficient (Wildman–Crippen LogP) is 5.04. The van der Waals surface area contributed by atoms with Crippen molar-refractivity contribution < 1.29 is 19.1 Å². The summed E-state index contributed by atoms with van der Waals surface area (Å²) in [4.78, 5) is 30.3. The highest BCUT2D eigenvalue weighted by Crippen LogP contribution is 2.40. The molecular formula is C28H24N4O4S. The molecule has 1 fully saturated rings. The summed E-state index contributed by atoms with van der Waals surface area (Å²) in [6.45, 7) is 0.377. The van der Waals surface area contributed by atoms with Gasteiger partial charge in [0, 0.05) is 30.4 Å². The number of rotatable bonds is 8. The maximum Gasteiger partial charge on any atom is 0.335 e. The average Bonchev–Trinajstić information content (AvgIpc) is 3.53. The molecule has 8 nitrogen and oxygen atoms in total. The van der Waals surface area contributed by atoms with Crippen molar-refractivity contribution in [3.05, 3.63) is 108 Å². The van der Waals surface area contributed by atoms with Crippen LogP contribution in [0.2, 0.25) is 0 Å². The van der Waals surface area contributed by atoms with Crippen LogP contribution >= 0.6 is 12.2 Å². The second-order valence-corrected chi connectivity index (χ2v) is 8.96. The molecule has 37 heavy (non-hydrogen) atoms. The number of hydrogen-bond acceptors (Lipinski definition) is 5. The number of carbonyl (C=O) groups is 2. The minimum absolute atomic E-state index is 0.118. The van der Waals surface area contributed by atoms with E-state index in [0.29, 0.717) is 23.2 Å². The van der Waals surface area contributed by atoms with Crippen LogP contribution in [-0.4, -0.2) is 38.5 Å². The van der Waals surface area contributed by atoms with E-state index in [9.17, 15) is 14.7 Å². The Labute approximate surface area is 219 Å². The maximum atomic E-state index is 12.7. The van der Waals surface area contributed by atoms with Gasteiger partial charge in [0.05, 0.1) is 17.3 Å². The number of carboxylic acids is 1. The minimum atomic E-state index is -0.984. The first-order chi connectivity index (χ1) is 18.0. The fourth-order valence-corrected chi connectivity index (χ4v) is 4.70.